The van der Waals surface area contributed by atoms with Crippen molar-refractivity contribution in [2.75, 3.05) is 23.7 Å². The molecule has 212 valence electrons. The van der Waals surface area contributed by atoms with Gasteiger partial charge in [-0.05, 0) is 56.5 Å². The van der Waals surface area contributed by atoms with E-state index in [0.29, 0.717) is 31.0 Å². The Morgan fingerprint density at radius 2 is 1.78 bits per heavy atom. The topological polar surface area (TPSA) is 110 Å². The zero-order chi connectivity index (χ0) is 28.9. The molecule has 1 saturated heterocycles. The molecule has 3 amide bonds. The van der Waals surface area contributed by atoms with Crippen molar-refractivity contribution < 1.29 is 18.7 Å². The fourth-order valence-corrected chi connectivity index (χ4v) is 4.85. The van der Waals surface area contributed by atoms with Crippen LogP contribution in [0.15, 0.2) is 71.7 Å². The summed E-state index contributed by atoms with van der Waals surface area (Å²) in [5.74, 6) is -0.864. The number of nitrogens with one attached hydrogen (secondary N) is 2. The van der Waals surface area contributed by atoms with Crippen molar-refractivity contribution in [3.63, 3.8) is 0 Å². The Labute approximate surface area is 236 Å². The van der Waals surface area contributed by atoms with E-state index in [0.717, 1.165) is 25.3 Å². The van der Waals surface area contributed by atoms with E-state index >= 15 is 4.39 Å². The zero-order valence-corrected chi connectivity index (χ0v) is 22.9. The number of carbonyl (C=O) groups is 2. The highest BCUT2D eigenvalue weighted by molar-refractivity contribution is 6.05. The summed E-state index contributed by atoms with van der Waals surface area (Å²) < 4.78 is 24.0. The van der Waals surface area contributed by atoms with Gasteiger partial charge in [0, 0.05) is 43.7 Å². The van der Waals surface area contributed by atoms with Gasteiger partial charge in [0.2, 0.25) is 0 Å². The van der Waals surface area contributed by atoms with Crippen LogP contribution in [0.25, 0.3) is 5.69 Å². The smallest absolute Gasteiger partial charge is 0.323 e. The van der Waals surface area contributed by atoms with E-state index in [1.807, 2.05) is 25.1 Å². The van der Waals surface area contributed by atoms with Gasteiger partial charge in [0.25, 0.3) is 11.5 Å². The predicted molar refractivity (Wildman–Crippen MR) is 154 cm³/mol. The van der Waals surface area contributed by atoms with Gasteiger partial charge in [-0.3, -0.25) is 19.6 Å². The van der Waals surface area contributed by atoms with E-state index < -0.39 is 17.3 Å². The Morgan fingerprint density at radius 3 is 2.49 bits per heavy atom. The zero-order valence-electron chi connectivity index (χ0n) is 22.9. The van der Waals surface area contributed by atoms with E-state index in [-0.39, 0.29) is 34.6 Å². The highest BCUT2D eigenvalue weighted by atomic mass is 19.1. The van der Waals surface area contributed by atoms with Crippen LogP contribution in [-0.4, -0.2) is 44.3 Å². The fraction of sp³-hybridized carbons (Fsp3) is 0.267. The van der Waals surface area contributed by atoms with Crippen molar-refractivity contribution in [2.45, 2.75) is 39.7 Å². The first-order chi connectivity index (χ1) is 19.9. The monoisotopic (exact) mass is 558 g/mol. The van der Waals surface area contributed by atoms with E-state index in [1.165, 1.54) is 29.1 Å². The Bertz CT molecular complexity index is 1630. The maximum atomic E-state index is 15.0. The normalized spacial score (nSPS) is 12.8. The minimum absolute atomic E-state index is 0.0108. The fourth-order valence-electron chi connectivity index (χ4n) is 4.85. The van der Waals surface area contributed by atoms with Crippen LogP contribution in [0.4, 0.5) is 20.7 Å². The number of hydrogen-bond acceptors (Lipinski definition) is 5. The molecule has 3 heterocycles. The lowest BCUT2D eigenvalue weighted by molar-refractivity contribution is 0.102. The average Bonchev–Trinajstić information content (AvgIpc) is 3.58. The summed E-state index contributed by atoms with van der Waals surface area (Å²) >= 11 is 0. The van der Waals surface area contributed by atoms with Gasteiger partial charge in [0.05, 0.1) is 11.4 Å². The summed E-state index contributed by atoms with van der Waals surface area (Å²) in [6.45, 7) is 5.65. The van der Waals surface area contributed by atoms with E-state index in [2.05, 4.69) is 15.6 Å². The number of benzene rings is 2. The molecule has 1 fully saturated rings. The van der Waals surface area contributed by atoms with Crippen LogP contribution in [-0.2, 0) is 6.54 Å². The Kier molecular flexibility index (Phi) is 8.14. The summed E-state index contributed by atoms with van der Waals surface area (Å²) in [7, 11) is 0. The SMILES string of the molecule is CCCn1c(C)c(C(=O)Nc2ccc(Oc3ccnc(NC(=O)N4CCCC4)c3)c(F)c2)c(=O)n1-c1ccccc1. The number of anilines is 2. The highest BCUT2D eigenvalue weighted by Crippen LogP contribution is 2.28. The van der Waals surface area contributed by atoms with Crippen LogP contribution in [0.5, 0.6) is 11.5 Å². The third-order valence-corrected chi connectivity index (χ3v) is 6.84. The molecule has 0 saturated carbocycles. The van der Waals surface area contributed by atoms with Crippen LogP contribution < -0.4 is 20.9 Å². The van der Waals surface area contributed by atoms with Crippen LogP contribution in [0.1, 0.15) is 42.2 Å². The first kappa shape index (κ1) is 27.6. The lowest BCUT2D eigenvalue weighted by Gasteiger charge is -2.16. The average molecular weight is 559 g/mol. The summed E-state index contributed by atoms with van der Waals surface area (Å²) in [4.78, 5) is 44.8. The number of aromatic nitrogens is 3. The summed E-state index contributed by atoms with van der Waals surface area (Å²) in [6.07, 6.45) is 4.16. The number of carbonyl (C=O) groups excluding carboxylic acids is 2. The molecule has 2 N–H and O–H groups in total. The molecule has 0 radical (unpaired) electrons. The van der Waals surface area contributed by atoms with E-state index in [1.54, 1.807) is 34.7 Å². The third kappa shape index (κ3) is 5.98. The van der Waals surface area contributed by atoms with Gasteiger partial charge in [-0.2, -0.15) is 0 Å². The van der Waals surface area contributed by atoms with Gasteiger partial charge in [-0.1, -0.05) is 25.1 Å². The van der Waals surface area contributed by atoms with Crippen molar-refractivity contribution in [3.05, 3.63) is 94.3 Å². The van der Waals surface area contributed by atoms with Gasteiger partial charge >= 0.3 is 6.03 Å². The molecule has 0 spiro atoms. The lowest BCUT2D eigenvalue weighted by atomic mass is 10.2. The molecule has 2 aromatic heterocycles. The molecule has 0 aliphatic carbocycles. The summed E-state index contributed by atoms with van der Waals surface area (Å²) in [6, 6.07) is 15.9. The first-order valence-corrected chi connectivity index (χ1v) is 13.5. The molecule has 0 unspecified atom stereocenters. The second-order valence-electron chi connectivity index (χ2n) is 9.74. The molecule has 10 nitrogen and oxygen atoms in total. The standard InChI is InChI=1S/C30H31FN6O4/c1-3-15-36-20(2)27(29(39)37(36)22-9-5-4-6-10-22)28(38)33-21-11-12-25(24(31)18-21)41-23-13-14-32-26(19-23)34-30(40)35-16-7-8-17-35/h4-6,9-14,18-19H,3,7-8,15-17H2,1-2H3,(H,33,38)(H,32,34,40). The van der Waals surface area contributed by atoms with Crippen molar-refractivity contribution in [3.8, 4) is 17.2 Å². The quantitative estimate of drug-likeness (QED) is 0.294. The number of urea groups is 1. The predicted octanol–water partition coefficient (Wildman–Crippen LogP) is 5.56. The van der Waals surface area contributed by atoms with Gasteiger partial charge in [0.1, 0.15) is 17.1 Å². The number of halogens is 1. The van der Waals surface area contributed by atoms with Crippen LogP contribution in [0.3, 0.4) is 0 Å². The number of rotatable bonds is 8. The molecule has 0 bridgehead atoms. The minimum atomic E-state index is -0.718. The van der Waals surface area contributed by atoms with Crippen LogP contribution >= 0.6 is 0 Å². The van der Waals surface area contributed by atoms with E-state index in [9.17, 15) is 14.4 Å². The van der Waals surface area contributed by atoms with Crippen molar-refractivity contribution in [1.29, 1.82) is 0 Å². The number of nitrogens with zero attached hydrogens (tertiary/aromatic N) is 4. The molecule has 0 atom stereocenters. The molecular formula is C30H31FN6O4. The van der Waals surface area contributed by atoms with Crippen molar-refractivity contribution >= 4 is 23.4 Å². The maximum Gasteiger partial charge on any atom is 0.323 e. The summed E-state index contributed by atoms with van der Waals surface area (Å²) in [5.41, 5.74) is 0.870. The molecule has 1 aliphatic rings. The highest BCUT2D eigenvalue weighted by Gasteiger charge is 2.24. The lowest BCUT2D eigenvalue weighted by Crippen LogP contribution is -2.32. The minimum Gasteiger partial charge on any atom is -0.454 e. The van der Waals surface area contributed by atoms with Crippen LogP contribution in [0.2, 0.25) is 0 Å². The molecule has 11 heteroatoms. The van der Waals surface area contributed by atoms with Crippen molar-refractivity contribution in [1.82, 2.24) is 19.2 Å². The maximum absolute atomic E-state index is 15.0. The van der Waals surface area contributed by atoms with Crippen LogP contribution in [0, 0.1) is 12.7 Å². The Balaban J connectivity index is 1.31. The number of amides is 3. The van der Waals surface area contributed by atoms with Gasteiger partial charge in [-0.25, -0.2) is 18.9 Å². The molecule has 4 aromatic rings. The number of hydrogen-bond donors (Lipinski definition) is 2. The Morgan fingerprint density at radius 1 is 1.02 bits per heavy atom. The van der Waals surface area contributed by atoms with E-state index in [4.69, 9.17) is 4.74 Å². The number of likely N-dealkylation sites (tertiary alicyclic amines) is 1. The molecule has 2 aromatic carbocycles. The molecule has 5 rings (SSSR count). The number of pyridine rings is 1. The number of para-hydroxylation sites is 1. The molecule has 1 aliphatic heterocycles. The first-order valence-electron chi connectivity index (χ1n) is 13.5. The third-order valence-electron chi connectivity index (χ3n) is 6.84. The molecular weight excluding hydrogens is 527 g/mol. The van der Waals surface area contributed by atoms with Crippen molar-refractivity contribution in [2.24, 2.45) is 0 Å². The summed E-state index contributed by atoms with van der Waals surface area (Å²) in [5, 5.41) is 5.37. The second kappa shape index (κ2) is 12.1. The molecule has 41 heavy (non-hydrogen) atoms. The second-order valence-corrected chi connectivity index (χ2v) is 9.74. The number of ether oxygens (including phenoxy) is 1. The van der Waals surface area contributed by atoms with Gasteiger partial charge < -0.3 is 15.0 Å². The Hall–Kier alpha value is -4.93. The van der Waals surface area contributed by atoms with Gasteiger partial charge in [0.15, 0.2) is 11.6 Å². The van der Waals surface area contributed by atoms with Gasteiger partial charge in [-0.15, -0.1) is 0 Å². The largest absolute Gasteiger partial charge is 0.454 e.